The summed E-state index contributed by atoms with van der Waals surface area (Å²) in [6.45, 7) is 1.55. The summed E-state index contributed by atoms with van der Waals surface area (Å²) in [5.74, 6) is -3.13. The quantitative estimate of drug-likeness (QED) is 0.393. The maximum absolute atomic E-state index is 10.6. The topological polar surface area (TPSA) is 118 Å². The number of nitrogens with zero attached hydrogens (tertiary/aromatic N) is 1. The summed E-state index contributed by atoms with van der Waals surface area (Å²) in [5, 5.41) is 8.20. The van der Waals surface area contributed by atoms with Gasteiger partial charge < -0.3 is 20.6 Å². The monoisotopic (exact) mass is 185 g/mol. The number of hydrogen-bond donors (Lipinski definition) is 3. The van der Waals surface area contributed by atoms with E-state index in [0.717, 1.165) is 0 Å². The number of aromatic amines is 1. The number of aromatic nitrogens is 2. The highest BCUT2D eigenvalue weighted by Crippen LogP contribution is 2.14. The molecule has 0 unspecified atom stereocenters. The van der Waals surface area contributed by atoms with Gasteiger partial charge in [0.25, 0.3) is 0 Å². The van der Waals surface area contributed by atoms with Gasteiger partial charge in [-0.3, -0.25) is 0 Å². The maximum Gasteiger partial charge on any atom is 0.424 e. The van der Waals surface area contributed by atoms with E-state index in [1.807, 2.05) is 0 Å². The summed E-state index contributed by atoms with van der Waals surface area (Å²) >= 11 is 0. The number of ether oxygens (including phenoxy) is 1. The molecule has 0 aromatic carbocycles. The summed E-state index contributed by atoms with van der Waals surface area (Å²) in [4.78, 5) is 26.7. The van der Waals surface area contributed by atoms with Gasteiger partial charge in [-0.2, -0.15) is 4.98 Å². The molecule has 0 atom stereocenters. The first-order valence-corrected chi connectivity index (χ1v) is 3.28. The van der Waals surface area contributed by atoms with Crippen LogP contribution >= 0.6 is 0 Å². The van der Waals surface area contributed by atoms with Crippen LogP contribution in [0.15, 0.2) is 0 Å². The fourth-order valence-corrected chi connectivity index (χ4v) is 0.698. The number of anilines is 1. The normalized spacial score (nSPS) is 9.62. The third kappa shape index (κ3) is 1.95. The number of nitrogens with two attached hydrogens (primary N) is 1. The fourth-order valence-electron chi connectivity index (χ4n) is 0.698. The molecule has 0 bridgehead atoms. The van der Waals surface area contributed by atoms with Crippen LogP contribution in [0.2, 0.25) is 0 Å². The number of aryl methyl sites for hydroxylation is 1. The molecular formula is C6H7N3O4. The van der Waals surface area contributed by atoms with Crippen molar-refractivity contribution in [2.45, 2.75) is 6.92 Å². The molecule has 1 aromatic rings. The van der Waals surface area contributed by atoms with Crippen LogP contribution in [0.5, 0.6) is 5.88 Å². The molecule has 0 saturated carbocycles. The summed E-state index contributed by atoms with van der Waals surface area (Å²) in [6, 6.07) is 0. The van der Waals surface area contributed by atoms with Gasteiger partial charge in [0.05, 0.1) is 5.69 Å². The molecular weight excluding hydrogens is 178 g/mol. The largest absolute Gasteiger partial charge is 0.473 e. The first kappa shape index (κ1) is 9.04. The smallest absolute Gasteiger partial charge is 0.424 e. The van der Waals surface area contributed by atoms with Crippen molar-refractivity contribution in [2.75, 3.05) is 5.73 Å². The zero-order chi connectivity index (χ0) is 10.0. The van der Waals surface area contributed by atoms with Crippen molar-refractivity contribution in [3.63, 3.8) is 0 Å². The Morgan fingerprint density at radius 1 is 1.62 bits per heavy atom. The number of carboxylic acid groups (broad SMARTS) is 1. The molecule has 0 saturated heterocycles. The lowest BCUT2D eigenvalue weighted by atomic mass is 10.5. The lowest BCUT2D eigenvalue weighted by molar-refractivity contribution is -0.158. The molecule has 7 nitrogen and oxygen atoms in total. The second-order valence-electron chi connectivity index (χ2n) is 2.25. The number of carbonyl (C=O) groups is 2. The van der Waals surface area contributed by atoms with E-state index in [9.17, 15) is 9.59 Å². The Morgan fingerprint density at radius 3 is 2.62 bits per heavy atom. The summed E-state index contributed by atoms with van der Waals surface area (Å²) in [7, 11) is 0. The predicted octanol–water partition coefficient (Wildman–Crippen LogP) is -0.710. The molecule has 0 aliphatic carbocycles. The summed E-state index contributed by atoms with van der Waals surface area (Å²) in [6.07, 6.45) is 0. The van der Waals surface area contributed by atoms with Crippen LogP contribution in [0.4, 0.5) is 5.95 Å². The van der Waals surface area contributed by atoms with Crippen LogP contribution in [0.25, 0.3) is 0 Å². The molecule has 0 aliphatic heterocycles. The third-order valence-corrected chi connectivity index (χ3v) is 1.22. The van der Waals surface area contributed by atoms with Gasteiger partial charge >= 0.3 is 11.9 Å². The van der Waals surface area contributed by atoms with Crippen LogP contribution in [-0.2, 0) is 9.59 Å². The molecule has 0 fully saturated rings. The second kappa shape index (κ2) is 3.13. The first-order chi connectivity index (χ1) is 6.00. The molecule has 0 radical (unpaired) electrons. The number of esters is 1. The standard InChI is InChI=1S/C6H7N3O4/c1-2-3(9-6(7)8-2)13-5(12)4(10)11/h1H3,(H,10,11)(H3,7,8,9). The van der Waals surface area contributed by atoms with Gasteiger partial charge in [-0.05, 0) is 6.92 Å². The Hall–Kier alpha value is -2.05. The highest BCUT2D eigenvalue weighted by atomic mass is 16.6. The molecule has 70 valence electrons. The number of carbonyl (C=O) groups excluding carboxylic acids is 1. The molecule has 1 heterocycles. The highest BCUT2D eigenvalue weighted by Gasteiger charge is 2.17. The lowest BCUT2D eigenvalue weighted by Gasteiger charge is -1.95. The minimum Gasteiger partial charge on any atom is -0.473 e. The number of nitrogens with one attached hydrogen (secondary N) is 1. The Bertz CT molecular complexity index is 357. The van der Waals surface area contributed by atoms with Gasteiger partial charge in [0.1, 0.15) is 0 Å². The Morgan fingerprint density at radius 2 is 2.23 bits per heavy atom. The van der Waals surface area contributed by atoms with Gasteiger partial charge in [-0.1, -0.05) is 0 Å². The van der Waals surface area contributed by atoms with Gasteiger partial charge in [0.15, 0.2) is 0 Å². The predicted molar refractivity (Wildman–Crippen MR) is 41.0 cm³/mol. The number of rotatable bonds is 1. The van der Waals surface area contributed by atoms with Gasteiger partial charge in [0.2, 0.25) is 11.8 Å². The molecule has 13 heavy (non-hydrogen) atoms. The van der Waals surface area contributed by atoms with Crippen LogP contribution in [0.1, 0.15) is 5.69 Å². The van der Waals surface area contributed by atoms with Gasteiger partial charge in [-0.15, -0.1) is 0 Å². The zero-order valence-electron chi connectivity index (χ0n) is 6.70. The number of H-pyrrole nitrogens is 1. The highest BCUT2D eigenvalue weighted by molar-refractivity contribution is 6.29. The first-order valence-electron chi connectivity index (χ1n) is 3.28. The summed E-state index contributed by atoms with van der Waals surface area (Å²) in [5.41, 5.74) is 5.62. The van der Waals surface area contributed by atoms with Crippen molar-refractivity contribution < 1.29 is 19.4 Å². The van der Waals surface area contributed by atoms with Crippen LogP contribution in [-0.4, -0.2) is 27.0 Å². The van der Waals surface area contributed by atoms with Gasteiger partial charge in [-0.25, -0.2) is 9.59 Å². The summed E-state index contributed by atoms with van der Waals surface area (Å²) < 4.78 is 4.37. The van der Waals surface area contributed by atoms with Crippen molar-refractivity contribution in [2.24, 2.45) is 0 Å². The van der Waals surface area contributed by atoms with Crippen molar-refractivity contribution in [1.29, 1.82) is 0 Å². The minimum absolute atomic E-state index is 0.0608. The fraction of sp³-hybridized carbons (Fsp3) is 0.167. The van der Waals surface area contributed by atoms with E-state index in [2.05, 4.69) is 14.7 Å². The molecule has 1 rings (SSSR count). The molecule has 0 amide bonds. The van der Waals surface area contributed by atoms with E-state index in [4.69, 9.17) is 10.8 Å². The zero-order valence-corrected chi connectivity index (χ0v) is 6.70. The van der Waals surface area contributed by atoms with Gasteiger partial charge in [0, 0.05) is 0 Å². The Labute approximate surface area is 72.5 Å². The molecule has 0 aliphatic rings. The van der Waals surface area contributed by atoms with Crippen molar-refractivity contribution in [3.05, 3.63) is 5.69 Å². The molecule has 4 N–H and O–H groups in total. The van der Waals surface area contributed by atoms with E-state index in [-0.39, 0.29) is 11.8 Å². The minimum atomic E-state index is -1.68. The molecule has 7 heteroatoms. The Balaban J connectivity index is 2.80. The molecule has 0 spiro atoms. The lowest BCUT2D eigenvalue weighted by Crippen LogP contribution is -2.19. The van der Waals surface area contributed by atoms with Crippen LogP contribution in [0.3, 0.4) is 0 Å². The SMILES string of the molecule is Cc1[nH]c(N)nc1OC(=O)C(=O)O. The maximum atomic E-state index is 10.6. The van der Waals surface area contributed by atoms with E-state index < -0.39 is 11.9 Å². The number of aliphatic carboxylic acids is 1. The van der Waals surface area contributed by atoms with E-state index in [0.29, 0.717) is 5.69 Å². The van der Waals surface area contributed by atoms with Crippen LogP contribution < -0.4 is 10.5 Å². The van der Waals surface area contributed by atoms with Crippen molar-refractivity contribution in [3.8, 4) is 5.88 Å². The van der Waals surface area contributed by atoms with Crippen molar-refractivity contribution in [1.82, 2.24) is 9.97 Å². The average molecular weight is 185 g/mol. The Kier molecular flexibility index (Phi) is 2.18. The number of hydrogen-bond acceptors (Lipinski definition) is 5. The average Bonchev–Trinajstić information content (AvgIpc) is 2.30. The van der Waals surface area contributed by atoms with E-state index in [1.165, 1.54) is 0 Å². The number of carboxylic acids is 1. The second-order valence-corrected chi connectivity index (χ2v) is 2.25. The van der Waals surface area contributed by atoms with E-state index >= 15 is 0 Å². The van der Waals surface area contributed by atoms with Crippen LogP contribution in [0, 0.1) is 6.92 Å². The number of nitrogen functional groups attached to an aromatic ring is 1. The number of imidazole rings is 1. The third-order valence-electron chi connectivity index (χ3n) is 1.22. The van der Waals surface area contributed by atoms with Crippen molar-refractivity contribution >= 4 is 17.9 Å². The molecule has 1 aromatic heterocycles. The van der Waals surface area contributed by atoms with E-state index in [1.54, 1.807) is 6.92 Å².